The summed E-state index contributed by atoms with van der Waals surface area (Å²) in [5.74, 6) is -0.255. The van der Waals surface area contributed by atoms with Gasteiger partial charge in [0.2, 0.25) is 10.0 Å². The lowest BCUT2D eigenvalue weighted by atomic mass is 10.1. The normalized spacial score (nSPS) is 11.9. The van der Waals surface area contributed by atoms with Gasteiger partial charge in [0.1, 0.15) is 11.0 Å². The Morgan fingerprint density at radius 2 is 1.71 bits per heavy atom. The van der Waals surface area contributed by atoms with E-state index in [-0.39, 0.29) is 17.4 Å². The van der Waals surface area contributed by atoms with Crippen LogP contribution in [0.25, 0.3) is 21.8 Å². The molecule has 0 aliphatic carbocycles. The van der Waals surface area contributed by atoms with Crippen LogP contribution in [0.4, 0.5) is 5.69 Å². The molecule has 1 heterocycles. The number of likely N-dealkylation sites (N-methyl/N-ethyl adjacent to an activating group) is 1. The van der Waals surface area contributed by atoms with Crippen molar-refractivity contribution in [3.8, 4) is 0 Å². The van der Waals surface area contributed by atoms with Gasteiger partial charge in [-0.2, -0.15) is 4.31 Å². The van der Waals surface area contributed by atoms with Crippen LogP contribution in [0, 0.1) is 0 Å². The van der Waals surface area contributed by atoms with Crippen molar-refractivity contribution in [2.75, 3.05) is 31.1 Å². The largest absolute Gasteiger partial charge is 0.385 e. The molecule has 0 spiro atoms. The van der Waals surface area contributed by atoms with Gasteiger partial charge in [0.25, 0.3) is 5.91 Å². The number of amides is 1. The van der Waals surface area contributed by atoms with Gasteiger partial charge in [-0.25, -0.2) is 8.42 Å². The Hall–Kier alpha value is -3.50. The Morgan fingerprint density at radius 1 is 0.971 bits per heavy atom. The summed E-state index contributed by atoms with van der Waals surface area (Å²) in [4.78, 5) is 21.6. The van der Waals surface area contributed by atoms with E-state index >= 15 is 0 Å². The highest BCUT2D eigenvalue weighted by Gasteiger charge is 2.23. The topological polar surface area (TPSA) is 97.6 Å². The van der Waals surface area contributed by atoms with Crippen LogP contribution < -0.4 is 9.74 Å². The number of anilines is 1. The summed E-state index contributed by atoms with van der Waals surface area (Å²) in [7, 11) is -3.66. The summed E-state index contributed by atoms with van der Waals surface area (Å²) in [5.41, 5.74) is 1.63. The van der Waals surface area contributed by atoms with Crippen molar-refractivity contribution < 1.29 is 18.0 Å². The molecule has 1 aromatic heterocycles. The summed E-state index contributed by atoms with van der Waals surface area (Å²) in [6.45, 7) is 6.36. The van der Waals surface area contributed by atoms with Crippen molar-refractivity contribution in [3.05, 3.63) is 60.7 Å². The maximum absolute atomic E-state index is 13.1. The highest BCUT2D eigenvalue weighted by atomic mass is 32.2. The first kappa shape index (κ1) is 23.7. The Bertz CT molecular complexity index is 1420. The maximum atomic E-state index is 13.1. The molecule has 0 radical (unpaired) electrons. The van der Waals surface area contributed by atoms with Crippen LogP contribution in [0.2, 0.25) is 0 Å². The molecule has 1 amide bonds. The molecule has 4 aromatic rings. The molecule has 9 nitrogen and oxygen atoms in total. The van der Waals surface area contributed by atoms with Crippen molar-refractivity contribution in [2.24, 2.45) is 0 Å². The number of sulfonamides is 1. The number of rotatable bonds is 9. The fourth-order valence-corrected chi connectivity index (χ4v) is 5.44. The number of hydrogen-bond acceptors (Lipinski definition) is 6. The maximum Gasteiger partial charge on any atom is 0.267 e. The average Bonchev–Trinajstić information content (AvgIpc) is 3.26. The number of nitrogens with zero attached hydrogens (tertiary/aromatic N) is 5. The van der Waals surface area contributed by atoms with Gasteiger partial charge in [0.05, 0.1) is 10.6 Å². The smallest absolute Gasteiger partial charge is 0.267 e. The molecule has 0 unspecified atom stereocenters. The van der Waals surface area contributed by atoms with Crippen LogP contribution in [0.15, 0.2) is 65.6 Å². The van der Waals surface area contributed by atoms with Gasteiger partial charge < -0.3 is 9.74 Å². The van der Waals surface area contributed by atoms with Gasteiger partial charge in [-0.3, -0.25) is 4.79 Å². The Balaban J connectivity index is 1.59. The monoisotopic (exact) mass is 481 g/mol. The molecule has 3 aromatic carbocycles. The van der Waals surface area contributed by atoms with Crippen molar-refractivity contribution >= 4 is 43.4 Å². The standard InChI is InChI=1S/C24H27N5O4S/c1-4-27(5-2)34(31,32)19-14-15-21-23(16-19)29(26-25-21)33-17-24(30)28(6-3)22-13-9-11-18-10-7-8-12-20(18)22/h7-16H,4-6,17H2,1-3H3. The predicted molar refractivity (Wildman–Crippen MR) is 131 cm³/mol. The van der Waals surface area contributed by atoms with Crippen molar-refractivity contribution in [1.29, 1.82) is 0 Å². The van der Waals surface area contributed by atoms with Gasteiger partial charge >= 0.3 is 0 Å². The minimum absolute atomic E-state index is 0.119. The molecule has 10 heteroatoms. The Kier molecular flexibility index (Phi) is 6.80. The van der Waals surface area contributed by atoms with E-state index in [9.17, 15) is 13.2 Å². The number of aromatic nitrogens is 3. The van der Waals surface area contributed by atoms with E-state index in [1.807, 2.05) is 49.4 Å². The van der Waals surface area contributed by atoms with E-state index in [4.69, 9.17) is 4.84 Å². The lowest BCUT2D eigenvalue weighted by Crippen LogP contribution is -2.37. The van der Waals surface area contributed by atoms with Crippen LogP contribution in [0.5, 0.6) is 0 Å². The third-order valence-corrected chi connectivity index (χ3v) is 7.76. The molecule has 178 valence electrons. The minimum Gasteiger partial charge on any atom is -0.385 e. The first-order valence-corrected chi connectivity index (χ1v) is 12.6. The van der Waals surface area contributed by atoms with Crippen LogP contribution in [0.1, 0.15) is 20.8 Å². The minimum atomic E-state index is -3.66. The van der Waals surface area contributed by atoms with E-state index in [1.165, 1.54) is 16.4 Å². The molecule has 0 saturated carbocycles. The lowest BCUT2D eigenvalue weighted by Gasteiger charge is -2.22. The van der Waals surface area contributed by atoms with E-state index in [1.54, 1.807) is 24.8 Å². The number of fused-ring (bicyclic) bond motifs is 2. The van der Waals surface area contributed by atoms with E-state index < -0.39 is 10.0 Å². The average molecular weight is 482 g/mol. The van der Waals surface area contributed by atoms with Crippen molar-refractivity contribution in [2.45, 2.75) is 25.7 Å². The molecular weight excluding hydrogens is 454 g/mol. The zero-order valence-electron chi connectivity index (χ0n) is 19.4. The summed E-state index contributed by atoms with van der Waals surface area (Å²) in [6, 6.07) is 18.2. The summed E-state index contributed by atoms with van der Waals surface area (Å²) in [5, 5.41) is 9.98. The molecule has 0 aliphatic rings. The summed E-state index contributed by atoms with van der Waals surface area (Å²) >= 11 is 0. The van der Waals surface area contributed by atoms with Gasteiger partial charge in [-0.1, -0.05) is 55.1 Å². The SMILES string of the molecule is CCN(C(=O)COn1nnc2ccc(S(=O)(=O)N(CC)CC)cc21)c1cccc2ccccc12. The van der Waals surface area contributed by atoms with Crippen molar-refractivity contribution in [3.63, 3.8) is 0 Å². The molecular formula is C24H27N5O4S. The zero-order chi connectivity index (χ0) is 24.3. The van der Waals surface area contributed by atoms with Crippen molar-refractivity contribution in [1.82, 2.24) is 19.5 Å². The number of carbonyl (C=O) groups is 1. The molecule has 34 heavy (non-hydrogen) atoms. The number of hydrogen-bond donors (Lipinski definition) is 0. The fourth-order valence-electron chi connectivity index (χ4n) is 3.97. The molecule has 0 aliphatic heterocycles. The van der Waals surface area contributed by atoms with E-state index in [2.05, 4.69) is 10.3 Å². The number of carbonyl (C=O) groups excluding carboxylic acids is 1. The molecule has 0 atom stereocenters. The van der Waals surface area contributed by atoms with Gasteiger partial charge in [0, 0.05) is 25.0 Å². The second-order valence-corrected chi connectivity index (χ2v) is 9.55. The Labute approximate surface area is 198 Å². The van der Waals surface area contributed by atoms with Crippen LogP contribution >= 0.6 is 0 Å². The molecule has 0 N–H and O–H groups in total. The molecule has 0 saturated heterocycles. The molecule has 0 fully saturated rings. The van der Waals surface area contributed by atoms with Crippen LogP contribution in [-0.2, 0) is 14.8 Å². The predicted octanol–water partition coefficient (Wildman–Crippen LogP) is 3.10. The highest BCUT2D eigenvalue weighted by molar-refractivity contribution is 7.89. The van der Waals surface area contributed by atoms with E-state index in [0.717, 1.165) is 21.3 Å². The van der Waals surface area contributed by atoms with E-state index in [0.29, 0.717) is 30.7 Å². The summed E-state index contributed by atoms with van der Waals surface area (Å²) < 4.78 is 27.2. The lowest BCUT2D eigenvalue weighted by molar-refractivity contribution is -0.123. The molecule has 0 bridgehead atoms. The van der Waals surface area contributed by atoms with Gasteiger partial charge in [0.15, 0.2) is 6.61 Å². The third kappa shape index (κ3) is 4.34. The van der Waals surface area contributed by atoms with Gasteiger partial charge in [-0.05, 0) is 41.8 Å². The second kappa shape index (κ2) is 9.78. The number of benzene rings is 3. The first-order chi connectivity index (χ1) is 16.4. The van der Waals surface area contributed by atoms with Crippen LogP contribution in [0.3, 0.4) is 0 Å². The Morgan fingerprint density at radius 3 is 2.44 bits per heavy atom. The highest BCUT2D eigenvalue weighted by Crippen LogP contribution is 2.27. The summed E-state index contributed by atoms with van der Waals surface area (Å²) in [6.07, 6.45) is 0. The van der Waals surface area contributed by atoms with Crippen LogP contribution in [-0.4, -0.2) is 60.0 Å². The third-order valence-electron chi connectivity index (χ3n) is 5.71. The quantitative estimate of drug-likeness (QED) is 0.364. The fraction of sp³-hybridized carbons (Fsp3) is 0.292. The van der Waals surface area contributed by atoms with Gasteiger partial charge in [-0.15, -0.1) is 5.10 Å². The first-order valence-electron chi connectivity index (χ1n) is 11.2. The zero-order valence-corrected chi connectivity index (χ0v) is 20.2. The second-order valence-electron chi connectivity index (χ2n) is 7.61. The molecule has 4 rings (SSSR count).